The van der Waals surface area contributed by atoms with Gasteiger partial charge in [0.2, 0.25) is 0 Å². The smallest absolute Gasteiger partial charge is 0.406 e. The third-order valence-corrected chi connectivity index (χ3v) is 3.32. The molecule has 0 aromatic heterocycles. The van der Waals surface area contributed by atoms with Crippen molar-refractivity contribution in [2.45, 2.75) is 39.0 Å². The molecule has 1 aromatic rings. The van der Waals surface area contributed by atoms with Crippen LogP contribution in [0.15, 0.2) is 24.3 Å². The lowest BCUT2D eigenvalue weighted by Gasteiger charge is -2.13. The minimum atomic E-state index is -4.75. The van der Waals surface area contributed by atoms with Crippen LogP contribution in [0.1, 0.15) is 43.0 Å². The van der Waals surface area contributed by atoms with Crippen molar-refractivity contribution in [1.82, 2.24) is 0 Å². The molecular weight excluding hydrogens is 283 g/mol. The highest BCUT2D eigenvalue weighted by Gasteiger charge is 2.31. The number of Topliss-reactive ketones (excluding diaryl/α,β-unsaturated/α-hetero) is 1. The summed E-state index contributed by atoms with van der Waals surface area (Å²) in [7, 11) is 0. The molecule has 0 spiro atoms. The lowest BCUT2D eigenvalue weighted by Crippen LogP contribution is -2.17. The highest BCUT2D eigenvalue weighted by molar-refractivity contribution is 5.96. The second-order valence-corrected chi connectivity index (χ2v) is 4.89. The minimum Gasteiger partial charge on any atom is -0.406 e. The number of ether oxygens (including phenoxy) is 1. The average Bonchev–Trinajstić information content (AvgIpc) is 2.41. The van der Waals surface area contributed by atoms with Gasteiger partial charge in [0.1, 0.15) is 5.75 Å². The quantitative estimate of drug-likeness (QED) is 0.740. The molecule has 0 aliphatic heterocycles. The predicted molar refractivity (Wildman–Crippen MR) is 74.1 cm³/mol. The van der Waals surface area contributed by atoms with Crippen LogP contribution in [-0.4, -0.2) is 18.7 Å². The molecule has 6 heteroatoms. The van der Waals surface area contributed by atoms with Gasteiger partial charge in [-0.25, -0.2) is 0 Å². The SMILES string of the molecule is CCC(CCN)CCC(=O)c1cccc(OC(F)(F)F)c1. The first kappa shape index (κ1) is 17.5. The molecule has 21 heavy (non-hydrogen) atoms. The van der Waals surface area contributed by atoms with Gasteiger partial charge in [-0.05, 0) is 37.4 Å². The number of nitrogens with two attached hydrogens (primary N) is 1. The lowest BCUT2D eigenvalue weighted by molar-refractivity contribution is -0.274. The van der Waals surface area contributed by atoms with Gasteiger partial charge in [0.15, 0.2) is 5.78 Å². The Morgan fingerprint density at radius 2 is 2.05 bits per heavy atom. The predicted octanol–water partition coefficient (Wildman–Crippen LogP) is 3.92. The van der Waals surface area contributed by atoms with Crippen LogP contribution >= 0.6 is 0 Å². The Morgan fingerprint density at radius 1 is 1.33 bits per heavy atom. The second kappa shape index (κ2) is 8.02. The van der Waals surface area contributed by atoms with Crippen LogP contribution in [0.3, 0.4) is 0 Å². The number of carbonyl (C=O) groups is 1. The first-order valence-electron chi connectivity index (χ1n) is 6.94. The van der Waals surface area contributed by atoms with Gasteiger partial charge in [0, 0.05) is 12.0 Å². The number of rotatable bonds is 8. The van der Waals surface area contributed by atoms with Crippen molar-refractivity contribution in [2.75, 3.05) is 6.54 Å². The summed E-state index contributed by atoms with van der Waals surface area (Å²) in [6, 6.07) is 5.17. The van der Waals surface area contributed by atoms with E-state index in [1.165, 1.54) is 18.2 Å². The number of hydrogen-bond donors (Lipinski definition) is 1. The monoisotopic (exact) mass is 303 g/mol. The third-order valence-electron chi connectivity index (χ3n) is 3.32. The molecule has 0 radical (unpaired) electrons. The molecule has 0 amide bonds. The third kappa shape index (κ3) is 6.62. The lowest BCUT2D eigenvalue weighted by atomic mass is 9.94. The summed E-state index contributed by atoms with van der Waals surface area (Å²) in [5.41, 5.74) is 5.73. The Morgan fingerprint density at radius 3 is 2.62 bits per heavy atom. The maximum atomic E-state index is 12.1. The Labute approximate surface area is 122 Å². The summed E-state index contributed by atoms with van der Waals surface area (Å²) in [6.07, 6.45) is -1.98. The zero-order valence-corrected chi connectivity index (χ0v) is 12.0. The van der Waals surface area contributed by atoms with Crippen molar-refractivity contribution in [3.05, 3.63) is 29.8 Å². The fraction of sp³-hybridized carbons (Fsp3) is 0.533. The number of hydrogen-bond acceptors (Lipinski definition) is 3. The van der Waals surface area contributed by atoms with Crippen LogP contribution in [0.2, 0.25) is 0 Å². The molecule has 0 saturated carbocycles. The van der Waals surface area contributed by atoms with Crippen molar-refractivity contribution in [3.8, 4) is 5.75 Å². The van der Waals surface area contributed by atoms with Gasteiger partial charge in [-0.1, -0.05) is 25.5 Å². The van der Waals surface area contributed by atoms with Gasteiger partial charge < -0.3 is 10.5 Å². The normalized spacial score (nSPS) is 13.0. The van der Waals surface area contributed by atoms with Gasteiger partial charge in [-0.2, -0.15) is 0 Å². The molecule has 0 aliphatic carbocycles. The van der Waals surface area contributed by atoms with Gasteiger partial charge in [-0.15, -0.1) is 13.2 Å². The summed E-state index contributed by atoms with van der Waals surface area (Å²) < 4.78 is 40.2. The summed E-state index contributed by atoms with van der Waals surface area (Å²) in [5.74, 6) is -0.186. The number of carbonyl (C=O) groups excluding carboxylic acids is 1. The molecule has 2 N–H and O–H groups in total. The van der Waals surface area contributed by atoms with Crippen molar-refractivity contribution >= 4 is 5.78 Å². The van der Waals surface area contributed by atoms with Crippen LogP contribution < -0.4 is 10.5 Å². The van der Waals surface area contributed by atoms with E-state index in [0.29, 0.717) is 25.3 Å². The average molecular weight is 303 g/mol. The number of ketones is 1. The second-order valence-electron chi connectivity index (χ2n) is 4.89. The van der Waals surface area contributed by atoms with Crippen LogP contribution in [0.4, 0.5) is 13.2 Å². The summed E-state index contributed by atoms with van der Waals surface area (Å²) in [6.45, 7) is 2.60. The topological polar surface area (TPSA) is 52.3 Å². The molecule has 1 rings (SSSR count). The molecule has 0 heterocycles. The highest BCUT2D eigenvalue weighted by atomic mass is 19.4. The van der Waals surface area contributed by atoms with Crippen molar-refractivity contribution in [2.24, 2.45) is 11.7 Å². The first-order valence-corrected chi connectivity index (χ1v) is 6.94. The van der Waals surface area contributed by atoms with Gasteiger partial charge in [0.25, 0.3) is 0 Å². The zero-order valence-electron chi connectivity index (χ0n) is 12.0. The Bertz CT molecular complexity index is 460. The van der Waals surface area contributed by atoms with E-state index in [1.807, 2.05) is 6.92 Å². The van der Waals surface area contributed by atoms with Crippen LogP contribution in [0.25, 0.3) is 0 Å². The molecule has 3 nitrogen and oxygen atoms in total. The summed E-state index contributed by atoms with van der Waals surface area (Å²) in [4.78, 5) is 12.0. The molecule has 0 saturated heterocycles. The standard InChI is InChI=1S/C15H20F3NO2/c1-2-11(8-9-19)6-7-14(20)12-4-3-5-13(10-12)21-15(16,17)18/h3-5,10-11H,2,6-9,19H2,1H3. The van der Waals surface area contributed by atoms with E-state index < -0.39 is 6.36 Å². The molecular formula is C15H20F3NO2. The van der Waals surface area contributed by atoms with E-state index in [1.54, 1.807) is 0 Å². The maximum Gasteiger partial charge on any atom is 0.573 e. The Balaban J connectivity index is 2.64. The molecule has 1 unspecified atom stereocenters. The maximum absolute atomic E-state index is 12.1. The zero-order chi connectivity index (χ0) is 15.9. The van der Waals surface area contributed by atoms with E-state index >= 15 is 0 Å². The van der Waals surface area contributed by atoms with Crippen molar-refractivity contribution in [1.29, 1.82) is 0 Å². The van der Waals surface area contributed by atoms with Crippen LogP contribution in [0, 0.1) is 5.92 Å². The molecule has 0 bridgehead atoms. The van der Waals surface area contributed by atoms with Gasteiger partial charge in [-0.3, -0.25) is 4.79 Å². The van der Waals surface area contributed by atoms with E-state index in [2.05, 4.69) is 4.74 Å². The molecule has 0 fully saturated rings. The van der Waals surface area contributed by atoms with Crippen LogP contribution in [-0.2, 0) is 0 Å². The summed E-state index contributed by atoms with van der Waals surface area (Å²) >= 11 is 0. The number of benzene rings is 1. The van der Waals surface area contributed by atoms with Crippen molar-refractivity contribution in [3.63, 3.8) is 0 Å². The van der Waals surface area contributed by atoms with E-state index in [0.717, 1.165) is 18.9 Å². The van der Waals surface area contributed by atoms with Gasteiger partial charge >= 0.3 is 6.36 Å². The van der Waals surface area contributed by atoms with Crippen molar-refractivity contribution < 1.29 is 22.7 Å². The Hall–Kier alpha value is -1.56. The molecule has 1 atom stereocenters. The Kier molecular flexibility index (Phi) is 6.68. The molecule has 118 valence electrons. The highest BCUT2D eigenvalue weighted by Crippen LogP contribution is 2.24. The number of alkyl halides is 3. The van der Waals surface area contributed by atoms with E-state index in [9.17, 15) is 18.0 Å². The fourth-order valence-corrected chi connectivity index (χ4v) is 2.13. The largest absolute Gasteiger partial charge is 0.573 e. The number of halogens is 3. The van der Waals surface area contributed by atoms with Gasteiger partial charge in [0.05, 0.1) is 0 Å². The van der Waals surface area contributed by atoms with E-state index in [4.69, 9.17) is 5.73 Å². The van der Waals surface area contributed by atoms with Crippen LogP contribution in [0.5, 0.6) is 5.75 Å². The molecule has 0 aliphatic rings. The fourth-order valence-electron chi connectivity index (χ4n) is 2.13. The van der Waals surface area contributed by atoms with E-state index in [-0.39, 0.29) is 17.1 Å². The summed E-state index contributed by atoms with van der Waals surface area (Å²) in [5, 5.41) is 0. The first-order chi connectivity index (χ1) is 9.85. The molecule has 1 aromatic carbocycles. The minimum absolute atomic E-state index is 0.182.